The number of urea groups is 1. The number of amidine groups is 1. The average Bonchev–Trinajstić information content (AvgIpc) is 3.60. The Kier molecular flexibility index (Phi) is 8.73. The monoisotopic (exact) mass is 630 g/mol. The average molecular weight is 631 g/mol. The summed E-state index contributed by atoms with van der Waals surface area (Å²) in [6.45, 7) is 2.02. The highest BCUT2D eigenvalue weighted by atomic mass is 32.2. The van der Waals surface area contributed by atoms with Crippen LogP contribution in [0.3, 0.4) is 0 Å². The number of anilines is 2. The molecule has 1 atom stereocenters. The molecule has 1 aliphatic rings. The minimum atomic E-state index is -4.81. The number of hydrogen-bond acceptors (Lipinski definition) is 7. The van der Waals surface area contributed by atoms with E-state index in [0.717, 1.165) is 35.5 Å². The Morgan fingerprint density at radius 3 is 2.58 bits per heavy atom. The summed E-state index contributed by atoms with van der Waals surface area (Å²) in [5.74, 6) is -1.13. The van der Waals surface area contributed by atoms with Gasteiger partial charge in [0.05, 0.1) is 22.8 Å². The van der Waals surface area contributed by atoms with Crippen molar-refractivity contribution in [2.45, 2.75) is 18.5 Å². The van der Waals surface area contributed by atoms with Crippen LogP contribution in [-0.2, 0) is 4.79 Å². The summed E-state index contributed by atoms with van der Waals surface area (Å²) in [4.78, 5) is 35.1. The number of benzene rings is 3. The number of nitrogens with one attached hydrogen (secondary N) is 1. The lowest BCUT2D eigenvalue weighted by Crippen LogP contribution is -2.31. The summed E-state index contributed by atoms with van der Waals surface area (Å²) in [6, 6.07) is 15.5. The molecule has 4 aromatic rings. The smallest absolute Gasteiger partial charge is 0.406 e. The first kappa shape index (κ1) is 30.1. The molecule has 0 spiro atoms. The second kappa shape index (κ2) is 12.5. The molecule has 0 aliphatic carbocycles. The van der Waals surface area contributed by atoms with Gasteiger partial charge in [-0.3, -0.25) is 9.69 Å². The van der Waals surface area contributed by atoms with Crippen LogP contribution in [0.5, 0.6) is 5.75 Å². The lowest BCUT2D eigenvalue weighted by Gasteiger charge is -2.22. The molecule has 15 heteroatoms. The summed E-state index contributed by atoms with van der Waals surface area (Å²) in [5, 5.41) is 6.94. The summed E-state index contributed by atoms with van der Waals surface area (Å²) < 4.78 is 57.3. The molecular formula is C28H22F4N6O3S2. The van der Waals surface area contributed by atoms with E-state index in [1.807, 2.05) is 25.3 Å². The number of aliphatic imine (C=N–C) groups is 1. The van der Waals surface area contributed by atoms with Gasteiger partial charge in [0.1, 0.15) is 17.9 Å². The minimum absolute atomic E-state index is 0.0941. The van der Waals surface area contributed by atoms with Crippen molar-refractivity contribution in [1.82, 2.24) is 14.8 Å². The Bertz CT molecular complexity index is 1690. The van der Waals surface area contributed by atoms with Crippen molar-refractivity contribution in [3.63, 3.8) is 0 Å². The maximum Gasteiger partial charge on any atom is 0.573 e. The lowest BCUT2D eigenvalue weighted by atomic mass is 10.1. The fourth-order valence-corrected chi connectivity index (χ4v) is 5.46. The maximum atomic E-state index is 15.0. The van der Waals surface area contributed by atoms with Gasteiger partial charge in [-0.05, 0) is 67.3 Å². The Morgan fingerprint density at radius 1 is 1.14 bits per heavy atom. The van der Waals surface area contributed by atoms with Crippen LogP contribution < -0.4 is 15.0 Å². The fourth-order valence-electron chi connectivity index (χ4n) is 4.15. The minimum Gasteiger partial charge on any atom is -0.406 e. The second-order valence-corrected chi connectivity index (χ2v) is 11.1. The van der Waals surface area contributed by atoms with Crippen LogP contribution in [-0.4, -0.2) is 50.2 Å². The van der Waals surface area contributed by atoms with Crippen LogP contribution in [0.4, 0.5) is 33.7 Å². The molecule has 0 bridgehead atoms. The van der Waals surface area contributed by atoms with Crippen molar-refractivity contribution in [2.75, 3.05) is 22.2 Å². The van der Waals surface area contributed by atoms with E-state index in [0.29, 0.717) is 16.9 Å². The third-order valence-electron chi connectivity index (χ3n) is 6.23. The molecule has 1 N–H and O–H groups in total. The highest BCUT2D eigenvalue weighted by molar-refractivity contribution is 8.15. The topological polar surface area (TPSA) is 102 Å². The van der Waals surface area contributed by atoms with Crippen LogP contribution in [0.1, 0.15) is 17.7 Å². The molecule has 1 fully saturated rings. The van der Waals surface area contributed by atoms with E-state index in [1.54, 1.807) is 23.9 Å². The SMILES string of the molecule is CSC(C)c1ccccc1N1C(=O)CSC1=NC(=O)Nc1ccc(-c2ncn(-c3ccc(OC(F)(F)F)cc3)n2)cc1F. The summed E-state index contributed by atoms with van der Waals surface area (Å²) in [6.07, 6.45) is -1.52. The molecule has 3 aromatic carbocycles. The van der Waals surface area contributed by atoms with Crippen LogP contribution in [0.2, 0.25) is 0 Å². The number of rotatable bonds is 7. The zero-order valence-corrected chi connectivity index (χ0v) is 24.1. The van der Waals surface area contributed by atoms with Gasteiger partial charge < -0.3 is 10.1 Å². The standard InChI is InChI=1S/C28H22F4N6O3S2/c1-16(42-2)20-5-3-4-6-23(20)38-24(39)14-43-27(38)35-26(40)34-22-12-7-17(13-21(22)29)25-33-15-37(36-25)18-8-10-19(11-9-18)41-28(30,31)32/h3-13,15-16H,14H2,1-2H3,(H,34,40). The molecule has 222 valence electrons. The Hall–Kier alpha value is -4.37. The molecular weight excluding hydrogens is 608 g/mol. The molecule has 1 unspecified atom stereocenters. The van der Waals surface area contributed by atoms with E-state index in [1.165, 1.54) is 40.2 Å². The number of para-hydroxylation sites is 1. The number of alkyl halides is 3. The first-order valence-electron chi connectivity index (χ1n) is 12.6. The Morgan fingerprint density at radius 2 is 1.88 bits per heavy atom. The summed E-state index contributed by atoms with van der Waals surface area (Å²) in [7, 11) is 0. The molecule has 1 aliphatic heterocycles. The van der Waals surface area contributed by atoms with Gasteiger partial charge in [-0.1, -0.05) is 30.0 Å². The number of nitrogens with zero attached hydrogens (tertiary/aromatic N) is 5. The zero-order chi connectivity index (χ0) is 30.7. The van der Waals surface area contributed by atoms with Crippen LogP contribution >= 0.6 is 23.5 Å². The Labute approximate surface area is 251 Å². The van der Waals surface area contributed by atoms with Crippen LogP contribution in [0.25, 0.3) is 17.1 Å². The normalized spacial score (nSPS) is 15.2. The lowest BCUT2D eigenvalue weighted by molar-refractivity contribution is -0.274. The third-order valence-corrected chi connectivity index (χ3v) is 8.11. The molecule has 1 saturated heterocycles. The van der Waals surface area contributed by atoms with E-state index in [9.17, 15) is 22.8 Å². The van der Waals surface area contributed by atoms with Gasteiger partial charge in [0, 0.05) is 10.8 Å². The first-order valence-corrected chi connectivity index (χ1v) is 14.8. The van der Waals surface area contributed by atoms with Gasteiger partial charge >= 0.3 is 12.4 Å². The van der Waals surface area contributed by atoms with Crippen LogP contribution in [0, 0.1) is 5.82 Å². The van der Waals surface area contributed by atoms with Gasteiger partial charge in [0.2, 0.25) is 5.91 Å². The maximum absolute atomic E-state index is 15.0. The summed E-state index contributed by atoms with van der Waals surface area (Å²) >= 11 is 2.73. The quantitative estimate of drug-likeness (QED) is 0.218. The second-order valence-electron chi connectivity index (χ2n) is 9.03. The number of thioether (sulfide) groups is 2. The van der Waals surface area contributed by atoms with Gasteiger partial charge in [-0.15, -0.1) is 18.3 Å². The molecule has 43 heavy (non-hydrogen) atoms. The van der Waals surface area contributed by atoms with Crippen LogP contribution in [0.15, 0.2) is 78.0 Å². The van der Waals surface area contributed by atoms with E-state index in [4.69, 9.17) is 0 Å². The van der Waals surface area contributed by atoms with Crippen molar-refractivity contribution in [3.8, 4) is 22.8 Å². The highest BCUT2D eigenvalue weighted by Gasteiger charge is 2.33. The molecule has 0 saturated carbocycles. The highest BCUT2D eigenvalue weighted by Crippen LogP contribution is 2.37. The predicted molar refractivity (Wildman–Crippen MR) is 158 cm³/mol. The molecule has 5 rings (SSSR count). The van der Waals surface area contributed by atoms with Gasteiger partial charge in [-0.2, -0.15) is 16.8 Å². The first-order chi connectivity index (χ1) is 20.5. The molecule has 0 radical (unpaired) electrons. The van der Waals surface area contributed by atoms with Gasteiger partial charge in [0.15, 0.2) is 11.0 Å². The third kappa shape index (κ3) is 7.00. The number of hydrogen-bond donors (Lipinski definition) is 1. The number of aromatic nitrogens is 3. The number of carbonyl (C=O) groups excluding carboxylic acids is 2. The molecule has 3 amide bonds. The molecule has 9 nitrogen and oxygen atoms in total. The van der Waals surface area contributed by atoms with Crippen molar-refractivity contribution in [2.24, 2.45) is 4.99 Å². The number of amides is 3. The van der Waals surface area contributed by atoms with E-state index < -0.39 is 18.2 Å². The van der Waals surface area contributed by atoms with Gasteiger partial charge in [-0.25, -0.2) is 18.9 Å². The Balaban J connectivity index is 1.30. The van der Waals surface area contributed by atoms with E-state index in [-0.39, 0.29) is 39.3 Å². The van der Waals surface area contributed by atoms with Gasteiger partial charge in [0.25, 0.3) is 0 Å². The fraction of sp³-hybridized carbons (Fsp3) is 0.179. The van der Waals surface area contributed by atoms with E-state index in [2.05, 4.69) is 25.1 Å². The molecule has 1 aromatic heterocycles. The van der Waals surface area contributed by atoms with Crippen molar-refractivity contribution >= 4 is 52.0 Å². The zero-order valence-electron chi connectivity index (χ0n) is 22.5. The summed E-state index contributed by atoms with van der Waals surface area (Å²) in [5.41, 5.74) is 2.11. The van der Waals surface area contributed by atoms with Crippen molar-refractivity contribution in [3.05, 3.63) is 84.4 Å². The van der Waals surface area contributed by atoms with Crippen molar-refractivity contribution in [1.29, 1.82) is 0 Å². The predicted octanol–water partition coefficient (Wildman–Crippen LogP) is 7.06. The van der Waals surface area contributed by atoms with Crippen molar-refractivity contribution < 1.29 is 31.9 Å². The molecule has 2 heterocycles. The van der Waals surface area contributed by atoms with E-state index >= 15 is 4.39 Å². The number of halogens is 4. The number of ether oxygens (including phenoxy) is 1. The largest absolute Gasteiger partial charge is 0.573 e. The number of carbonyl (C=O) groups is 2.